The molecule has 0 fully saturated rings. The Labute approximate surface area is 119 Å². The van der Waals surface area contributed by atoms with Crippen LogP contribution in [0.5, 0.6) is 0 Å². The third-order valence-electron chi connectivity index (χ3n) is 2.10. The van der Waals surface area contributed by atoms with Gasteiger partial charge in [0.2, 0.25) is 0 Å². The number of hydrogen-bond donors (Lipinski definition) is 1. The van der Waals surface area contributed by atoms with Crippen LogP contribution in [0.25, 0.3) is 0 Å². The van der Waals surface area contributed by atoms with Crippen LogP contribution < -0.4 is 0 Å². The number of aliphatic hydroxyl groups excluding tert-OH is 1. The number of rotatable bonds is 2. The molecule has 0 aliphatic heterocycles. The standard InChI is InChI=1S/C11H7Br2ClOS/c12-7-3-1-2-6(4-7)10(15)9-5-8(13)11(14)16-9/h1-5,10,15H. The highest BCUT2D eigenvalue weighted by Crippen LogP contribution is 2.37. The fraction of sp³-hybridized carbons (Fsp3) is 0.0909. The van der Waals surface area contributed by atoms with Gasteiger partial charge in [0.1, 0.15) is 10.4 Å². The van der Waals surface area contributed by atoms with Gasteiger partial charge in [0.05, 0.1) is 0 Å². The first-order valence-corrected chi connectivity index (χ1v) is 7.24. The fourth-order valence-electron chi connectivity index (χ4n) is 1.34. The van der Waals surface area contributed by atoms with E-state index in [1.54, 1.807) is 0 Å². The van der Waals surface area contributed by atoms with Gasteiger partial charge in [-0.1, -0.05) is 39.7 Å². The van der Waals surface area contributed by atoms with E-state index in [2.05, 4.69) is 31.9 Å². The van der Waals surface area contributed by atoms with Crippen molar-refractivity contribution < 1.29 is 5.11 Å². The molecule has 16 heavy (non-hydrogen) atoms. The highest BCUT2D eigenvalue weighted by atomic mass is 79.9. The van der Waals surface area contributed by atoms with Crippen molar-refractivity contribution in [3.05, 3.63) is 54.1 Å². The van der Waals surface area contributed by atoms with Crippen molar-refractivity contribution in [2.75, 3.05) is 0 Å². The third kappa shape index (κ3) is 2.68. The predicted molar refractivity (Wildman–Crippen MR) is 75.2 cm³/mol. The lowest BCUT2D eigenvalue weighted by Gasteiger charge is -2.08. The first kappa shape index (κ1) is 12.6. The van der Waals surface area contributed by atoms with Crippen LogP contribution in [0.4, 0.5) is 0 Å². The van der Waals surface area contributed by atoms with Crippen molar-refractivity contribution in [1.29, 1.82) is 0 Å². The molecule has 0 aliphatic rings. The van der Waals surface area contributed by atoms with Crippen molar-refractivity contribution in [1.82, 2.24) is 0 Å². The maximum Gasteiger partial charge on any atom is 0.113 e. The third-order valence-corrected chi connectivity index (χ3v) is 5.12. The first-order valence-electron chi connectivity index (χ1n) is 4.46. The Hall–Kier alpha value is 0.130. The molecule has 2 rings (SSSR count). The highest BCUT2D eigenvalue weighted by Gasteiger charge is 2.15. The lowest BCUT2D eigenvalue weighted by atomic mass is 10.1. The van der Waals surface area contributed by atoms with Crippen LogP contribution in [0, 0.1) is 0 Å². The van der Waals surface area contributed by atoms with E-state index in [4.69, 9.17) is 11.6 Å². The summed E-state index contributed by atoms with van der Waals surface area (Å²) < 4.78 is 2.43. The Morgan fingerprint density at radius 1 is 1.25 bits per heavy atom. The average Bonchev–Trinajstić information content (AvgIpc) is 2.58. The average molecular weight is 383 g/mol. The second kappa shape index (κ2) is 5.19. The zero-order valence-electron chi connectivity index (χ0n) is 7.95. The SMILES string of the molecule is OC(c1cccc(Br)c1)c1cc(Br)c(Cl)s1. The number of benzene rings is 1. The maximum atomic E-state index is 10.2. The van der Waals surface area contributed by atoms with Crippen LogP contribution in [0.3, 0.4) is 0 Å². The van der Waals surface area contributed by atoms with Crippen LogP contribution in [-0.2, 0) is 0 Å². The Balaban J connectivity index is 2.35. The summed E-state index contributed by atoms with van der Waals surface area (Å²) in [5.41, 5.74) is 0.847. The minimum absolute atomic E-state index is 0.633. The largest absolute Gasteiger partial charge is 0.383 e. The van der Waals surface area contributed by atoms with Crippen LogP contribution in [-0.4, -0.2) is 5.11 Å². The van der Waals surface area contributed by atoms with E-state index in [1.165, 1.54) is 11.3 Å². The summed E-state index contributed by atoms with van der Waals surface area (Å²) in [6.45, 7) is 0. The Bertz CT molecular complexity index is 493. The van der Waals surface area contributed by atoms with Crippen molar-refractivity contribution in [3.63, 3.8) is 0 Å². The number of thiophene rings is 1. The molecule has 0 saturated carbocycles. The van der Waals surface area contributed by atoms with Crippen molar-refractivity contribution >= 4 is 54.8 Å². The number of aliphatic hydroxyl groups is 1. The molecular formula is C11H7Br2ClOS. The Morgan fingerprint density at radius 2 is 2.00 bits per heavy atom. The minimum atomic E-state index is -0.633. The lowest BCUT2D eigenvalue weighted by molar-refractivity contribution is 0.224. The molecule has 0 amide bonds. The Kier molecular flexibility index (Phi) is 4.08. The van der Waals surface area contributed by atoms with Crippen LogP contribution in [0.1, 0.15) is 16.5 Å². The molecule has 1 atom stereocenters. The van der Waals surface area contributed by atoms with Gasteiger partial charge in [-0.05, 0) is 39.7 Å². The molecule has 0 spiro atoms. The van der Waals surface area contributed by atoms with E-state index in [1.807, 2.05) is 30.3 Å². The molecule has 0 radical (unpaired) electrons. The summed E-state index contributed by atoms with van der Waals surface area (Å²) >= 11 is 14.0. The second-order valence-electron chi connectivity index (χ2n) is 3.23. The van der Waals surface area contributed by atoms with Gasteiger partial charge in [-0.15, -0.1) is 11.3 Å². The van der Waals surface area contributed by atoms with Gasteiger partial charge in [0.15, 0.2) is 0 Å². The van der Waals surface area contributed by atoms with Gasteiger partial charge < -0.3 is 5.11 Å². The van der Waals surface area contributed by atoms with Gasteiger partial charge >= 0.3 is 0 Å². The molecule has 1 N–H and O–H groups in total. The molecule has 0 aliphatic carbocycles. The van der Waals surface area contributed by atoms with Crippen molar-refractivity contribution in [2.45, 2.75) is 6.10 Å². The molecule has 1 aromatic heterocycles. The van der Waals surface area contributed by atoms with Gasteiger partial charge in [-0.3, -0.25) is 0 Å². The van der Waals surface area contributed by atoms with Crippen LogP contribution in [0.15, 0.2) is 39.3 Å². The van der Waals surface area contributed by atoms with E-state index in [0.29, 0.717) is 4.34 Å². The molecular weight excluding hydrogens is 375 g/mol. The van der Waals surface area contributed by atoms with Gasteiger partial charge in [0, 0.05) is 13.8 Å². The van der Waals surface area contributed by atoms with Crippen LogP contribution in [0.2, 0.25) is 4.34 Å². The summed E-state index contributed by atoms with van der Waals surface area (Å²) in [4.78, 5) is 0.829. The summed E-state index contributed by atoms with van der Waals surface area (Å²) in [6.07, 6.45) is -0.633. The van der Waals surface area contributed by atoms with Gasteiger partial charge in [-0.25, -0.2) is 0 Å². The second-order valence-corrected chi connectivity index (χ2v) is 6.68. The zero-order valence-corrected chi connectivity index (χ0v) is 12.7. The molecule has 1 heterocycles. The summed E-state index contributed by atoms with van der Waals surface area (Å²) in [6, 6.07) is 9.45. The molecule has 1 nitrogen and oxygen atoms in total. The summed E-state index contributed by atoms with van der Waals surface area (Å²) in [5.74, 6) is 0. The topological polar surface area (TPSA) is 20.2 Å². The van der Waals surface area contributed by atoms with E-state index < -0.39 is 6.10 Å². The predicted octanol–water partition coefficient (Wildman–Crippen LogP) is 5.01. The molecule has 0 saturated heterocycles. The Morgan fingerprint density at radius 3 is 2.56 bits per heavy atom. The molecule has 0 bridgehead atoms. The molecule has 1 aromatic carbocycles. The maximum absolute atomic E-state index is 10.2. The van der Waals surface area contributed by atoms with Crippen LogP contribution >= 0.6 is 54.8 Å². The van der Waals surface area contributed by atoms with E-state index in [-0.39, 0.29) is 0 Å². The van der Waals surface area contributed by atoms with Gasteiger partial charge in [-0.2, -0.15) is 0 Å². The van der Waals surface area contributed by atoms with Gasteiger partial charge in [0.25, 0.3) is 0 Å². The highest BCUT2D eigenvalue weighted by molar-refractivity contribution is 9.10. The molecule has 5 heteroatoms. The van der Waals surface area contributed by atoms with Crippen molar-refractivity contribution in [2.24, 2.45) is 0 Å². The first-order chi connectivity index (χ1) is 7.58. The molecule has 2 aromatic rings. The fourth-order valence-corrected chi connectivity index (χ4v) is 3.51. The van der Waals surface area contributed by atoms with E-state index in [0.717, 1.165) is 19.4 Å². The van der Waals surface area contributed by atoms with E-state index >= 15 is 0 Å². The summed E-state index contributed by atoms with van der Waals surface area (Å²) in [5, 5.41) is 10.2. The normalized spacial score (nSPS) is 12.8. The molecule has 84 valence electrons. The smallest absolute Gasteiger partial charge is 0.113 e. The summed E-state index contributed by atoms with van der Waals surface area (Å²) in [7, 11) is 0. The monoisotopic (exact) mass is 380 g/mol. The van der Waals surface area contributed by atoms with E-state index in [9.17, 15) is 5.11 Å². The number of halogens is 3. The quantitative estimate of drug-likeness (QED) is 0.774. The van der Waals surface area contributed by atoms with Crippen molar-refractivity contribution in [3.8, 4) is 0 Å². The number of hydrogen-bond acceptors (Lipinski definition) is 2. The minimum Gasteiger partial charge on any atom is -0.383 e. The zero-order chi connectivity index (χ0) is 11.7. The lowest BCUT2D eigenvalue weighted by Crippen LogP contribution is -1.96. The molecule has 1 unspecified atom stereocenters.